The average molecular weight is 710 g/mol. The summed E-state index contributed by atoms with van der Waals surface area (Å²) in [6, 6.07) is 25.1. The maximum atomic E-state index is 14.4. The van der Waals surface area contributed by atoms with Gasteiger partial charge in [-0.05, 0) is 60.5 Å². The van der Waals surface area contributed by atoms with Gasteiger partial charge in [0.1, 0.15) is 18.3 Å². The molecule has 13 heteroatoms. The first kappa shape index (κ1) is 34.1. The Morgan fingerprint density at radius 1 is 0.957 bits per heavy atom. The molecule has 2 amide bonds. The molecule has 0 heterocycles. The molecule has 0 spiro atoms. The van der Waals surface area contributed by atoms with Crippen molar-refractivity contribution in [3.63, 3.8) is 0 Å². The van der Waals surface area contributed by atoms with Crippen LogP contribution in [0.1, 0.15) is 16.7 Å². The van der Waals surface area contributed by atoms with E-state index in [1.807, 2.05) is 42.5 Å². The zero-order valence-electron chi connectivity index (χ0n) is 25.4. The van der Waals surface area contributed by atoms with E-state index in [9.17, 15) is 28.1 Å². The third kappa shape index (κ3) is 8.09. The number of nitrogens with one attached hydrogen (secondary N) is 1. The lowest BCUT2D eigenvalue weighted by Crippen LogP contribution is -2.53. The number of amides is 2. The Bertz CT molecular complexity index is 1820. The summed E-state index contributed by atoms with van der Waals surface area (Å²) in [6.07, 6.45) is 0.166. The number of carbonyl (C=O) groups is 2. The van der Waals surface area contributed by atoms with E-state index in [1.165, 1.54) is 50.2 Å². The molecule has 0 saturated carbocycles. The summed E-state index contributed by atoms with van der Waals surface area (Å²) in [5.74, 6) is -0.636. The second-order valence-electron chi connectivity index (χ2n) is 10.4. The Kier molecular flexibility index (Phi) is 11.1. The molecule has 4 aromatic rings. The second kappa shape index (κ2) is 15.0. The van der Waals surface area contributed by atoms with E-state index in [-0.39, 0.29) is 34.8 Å². The van der Waals surface area contributed by atoms with E-state index in [0.29, 0.717) is 11.3 Å². The molecule has 0 bridgehead atoms. The number of carbonyl (C=O) groups excluding carboxylic acids is 2. The fourth-order valence-corrected chi connectivity index (χ4v) is 6.78. The third-order valence-corrected chi connectivity index (χ3v) is 9.63. The van der Waals surface area contributed by atoms with Crippen LogP contribution in [0.2, 0.25) is 0 Å². The van der Waals surface area contributed by atoms with E-state index in [1.54, 1.807) is 24.3 Å². The van der Waals surface area contributed by atoms with Crippen LogP contribution in [0.3, 0.4) is 0 Å². The lowest BCUT2D eigenvalue weighted by atomic mass is 10.0. The number of hydrogen-bond acceptors (Lipinski definition) is 7. The van der Waals surface area contributed by atoms with E-state index in [0.717, 1.165) is 20.4 Å². The van der Waals surface area contributed by atoms with Gasteiger partial charge in [-0.15, -0.1) is 0 Å². The largest absolute Gasteiger partial charge is 0.497 e. The summed E-state index contributed by atoms with van der Waals surface area (Å²) >= 11 is 3.45. The third-order valence-electron chi connectivity index (χ3n) is 7.36. The van der Waals surface area contributed by atoms with Crippen molar-refractivity contribution in [1.82, 2.24) is 10.2 Å². The molecule has 0 radical (unpaired) electrons. The average Bonchev–Trinajstić information content (AvgIpc) is 3.05. The number of anilines is 1. The number of nitro benzene ring substituents is 1. The molecular weight excluding hydrogens is 676 g/mol. The van der Waals surface area contributed by atoms with Crippen molar-refractivity contribution < 1.29 is 27.7 Å². The van der Waals surface area contributed by atoms with Crippen molar-refractivity contribution in [2.75, 3.05) is 25.0 Å². The normalized spacial score (nSPS) is 11.7. The first-order chi connectivity index (χ1) is 21.9. The van der Waals surface area contributed by atoms with Crippen LogP contribution in [0.25, 0.3) is 0 Å². The monoisotopic (exact) mass is 708 g/mol. The highest BCUT2D eigenvalue weighted by molar-refractivity contribution is 9.10. The molecular formula is C33H33BrN4O7S. The van der Waals surface area contributed by atoms with Crippen molar-refractivity contribution in [2.24, 2.45) is 0 Å². The van der Waals surface area contributed by atoms with Crippen LogP contribution >= 0.6 is 15.9 Å². The van der Waals surface area contributed by atoms with Crippen molar-refractivity contribution in [1.29, 1.82) is 0 Å². The van der Waals surface area contributed by atoms with Crippen molar-refractivity contribution in [3.05, 3.63) is 128 Å². The molecule has 1 atom stereocenters. The fraction of sp³-hybridized carbons (Fsp3) is 0.212. The maximum Gasteiger partial charge on any atom is 0.273 e. The number of nitrogens with zero attached hydrogens (tertiary/aromatic N) is 3. The molecule has 0 aromatic heterocycles. The van der Waals surface area contributed by atoms with Crippen molar-refractivity contribution >= 4 is 49.1 Å². The molecule has 0 saturated heterocycles. The summed E-state index contributed by atoms with van der Waals surface area (Å²) in [4.78, 5) is 39.8. The topological polar surface area (TPSA) is 139 Å². The van der Waals surface area contributed by atoms with Gasteiger partial charge in [0.2, 0.25) is 11.8 Å². The molecule has 11 nitrogen and oxygen atoms in total. The van der Waals surface area contributed by atoms with Gasteiger partial charge in [-0.25, -0.2) is 8.42 Å². The Balaban J connectivity index is 1.83. The highest BCUT2D eigenvalue weighted by atomic mass is 79.9. The highest BCUT2D eigenvalue weighted by Crippen LogP contribution is 2.30. The summed E-state index contributed by atoms with van der Waals surface area (Å²) in [5, 5.41) is 14.3. The van der Waals surface area contributed by atoms with Gasteiger partial charge in [0.25, 0.3) is 15.7 Å². The number of methoxy groups -OCH3 is 1. The van der Waals surface area contributed by atoms with E-state index in [4.69, 9.17) is 4.74 Å². The molecule has 0 aliphatic heterocycles. The zero-order valence-corrected chi connectivity index (χ0v) is 27.8. The number of likely N-dealkylation sites (N-methyl/N-ethyl adjacent to an activating group) is 1. The Labute approximate surface area is 276 Å². The number of halogens is 1. The van der Waals surface area contributed by atoms with E-state index < -0.39 is 39.3 Å². The molecule has 46 heavy (non-hydrogen) atoms. The van der Waals surface area contributed by atoms with Crippen LogP contribution in [0.4, 0.5) is 11.4 Å². The van der Waals surface area contributed by atoms with Gasteiger partial charge >= 0.3 is 0 Å². The molecule has 4 aromatic carbocycles. The van der Waals surface area contributed by atoms with E-state index in [2.05, 4.69) is 21.2 Å². The van der Waals surface area contributed by atoms with Crippen LogP contribution < -0.4 is 14.4 Å². The Hall–Kier alpha value is -4.75. The van der Waals surface area contributed by atoms with Gasteiger partial charge in [-0.3, -0.25) is 24.0 Å². The standard InChI is InChI=1S/C33H33BrN4O7S/c1-23-12-17-29(20-30(23)38(41)42)46(43,44)37(27-13-15-28(45-3)16-14-27)22-32(39)36(21-25-10-7-11-26(34)18-25)31(33(40)35-2)19-24-8-5-4-6-9-24/h4-18,20,31H,19,21-22H2,1-3H3,(H,35,40)/t31-/m1/s1. The number of benzene rings is 4. The predicted octanol–water partition coefficient (Wildman–Crippen LogP) is 5.26. The van der Waals surface area contributed by atoms with Gasteiger partial charge in [0.05, 0.1) is 22.6 Å². The van der Waals surface area contributed by atoms with Gasteiger partial charge in [-0.2, -0.15) is 0 Å². The quantitative estimate of drug-likeness (QED) is 0.148. The number of aryl methyl sites for hydroxylation is 1. The lowest BCUT2D eigenvalue weighted by Gasteiger charge is -2.33. The molecule has 4 rings (SSSR count). The number of hydrogen-bond donors (Lipinski definition) is 1. The highest BCUT2D eigenvalue weighted by Gasteiger charge is 2.35. The van der Waals surface area contributed by atoms with Gasteiger partial charge in [0.15, 0.2) is 0 Å². The van der Waals surface area contributed by atoms with Gasteiger partial charge in [-0.1, -0.05) is 64.5 Å². The van der Waals surface area contributed by atoms with Crippen molar-refractivity contribution in [3.8, 4) is 5.75 Å². The first-order valence-corrected chi connectivity index (χ1v) is 16.4. The molecule has 240 valence electrons. The minimum atomic E-state index is -4.53. The number of nitro groups is 1. The predicted molar refractivity (Wildman–Crippen MR) is 178 cm³/mol. The van der Waals surface area contributed by atoms with Crippen LogP contribution in [0.15, 0.2) is 106 Å². The van der Waals surface area contributed by atoms with Crippen LogP contribution in [0, 0.1) is 17.0 Å². The first-order valence-electron chi connectivity index (χ1n) is 14.2. The minimum absolute atomic E-state index is 0.00427. The Morgan fingerprint density at radius 3 is 2.24 bits per heavy atom. The molecule has 0 fully saturated rings. The summed E-state index contributed by atoms with van der Waals surface area (Å²) in [6.45, 7) is 0.799. The van der Waals surface area contributed by atoms with Gasteiger partial charge in [0, 0.05) is 36.1 Å². The Morgan fingerprint density at radius 2 is 1.63 bits per heavy atom. The van der Waals surface area contributed by atoms with Crippen LogP contribution in [-0.2, 0) is 32.6 Å². The number of sulfonamides is 1. The lowest BCUT2D eigenvalue weighted by molar-refractivity contribution is -0.385. The fourth-order valence-electron chi connectivity index (χ4n) is 4.90. The second-order valence-corrected chi connectivity index (χ2v) is 13.2. The molecule has 1 N–H and O–H groups in total. The minimum Gasteiger partial charge on any atom is -0.497 e. The SMILES string of the molecule is CNC(=O)[C@@H](Cc1ccccc1)N(Cc1cccc(Br)c1)C(=O)CN(c1ccc(OC)cc1)S(=O)(=O)c1ccc(C)c([N+](=O)[O-])c1. The molecule has 0 unspecified atom stereocenters. The smallest absolute Gasteiger partial charge is 0.273 e. The molecule has 0 aliphatic rings. The molecule has 0 aliphatic carbocycles. The maximum absolute atomic E-state index is 14.4. The van der Waals surface area contributed by atoms with Gasteiger partial charge < -0.3 is 15.0 Å². The van der Waals surface area contributed by atoms with E-state index >= 15 is 0 Å². The number of ether oxygens (including phenoxy) is 1. The van der Waals surface area contributed by atoms with Crippen molar-refractivity contribution in [2.45, 2.75) is 30.8 Å². The van der Waals surface area contributed by atoms with Crippen LogP contribution in [0.5, 0.6) is 5.75 Å². The number of rotatable bonds is 13. The zero-order chi connectivity index (χ0) is 33.4. The summed E-state index contributed by atoms with van der Waals surface area (Å²) in [7, 11) is -1.60. The summed E-state index contributed by atoms with van der Waals surface area (Å²) < 4.78 is 35.3. The van der Waals surface area contributed by atoms with Crippen LogP contribution in [-0.4, -0.2) is 56.8 Å². The summed E-state index contributed by atoms with van der Waals surface area (Å²) in [5.41, 5.74) is 1.54.